The molecular formula is C21H23N5O3S. The first-order valence-corrected chi connectivity index (χ1v) is 10.8. The van der Waals surface area contributed by atoms with Crippen LogP contribution in [0, 0.1) is 0 Å². The zero-order chi connectivity index (χ0) is 21.1. The minimum absolute atomic E-state index is 0.0447. The lowest BCUT2D eigenvalue weighted by molar-refractivity contribution is -0.127. The Hall–Kier alpha value is -3.07. The van der Waals surface area contributed by atoms with Crippen molar-refractivity contribution < 1.29 is 9.21 Å². The van der Waals surface area contributed by atoms with Gasteiger partial charge in [0, 0.05) is 13.6 Å². The van der Waals surface area contributed by atoms with Crippen molar-refractivity contribution >= 4 is 34.3 Å². The van der Waals surface area contributed by atoms with Gasteiger partial charge in [0.15, 0.2) is 5.16 Å². The van der Waals surface area contributed by atoms with Crippen LogP contribution in [0.1, 0.15) is 25.5 Å². The number of thioether (sulfide) groups is 1. The van der Waals surface area contributed by atoms with Crippen molar-refractivity contribution in [3.05, 3.63) is 58.8 Å². The van der Waals surface area contributed by atoms with Crippen LogP contribution in [0.5, 0.6) is 0 Å². The van der Waals surface area contributed by atoms with Crippen LogP contribution >= 0.6 is 11.8 Å². The van der Waals surface area contributed by atoms with Gasteiger partial charge in [-0.15, -0.1) is 10.2 Å². The molecule has 0 radical (unpaired) electrons. The van der Waals surface area contributed by atoms with E-state index in [4.69, 9.17) is 4.42 Å². The fourth-order valence-electron chi connectivity index (χ4n) is 3.31. The first-order valence-electron chi connectivity index (χ1n) is 9.86. The van der Waals surface area contributed by atoms with Gasteiger partial charge < -0.3 is 9.32 Å². The fraction of sp³-hybridized carbons (Fsp3) is 0.333. The summed E-state index contributed by atoms with van der Waals surface area (Å²) >= 11 is 1.31. The standard InChI is InChI=1S/C21H23N5O3S/c1-3-4-11-25-19(28)16-9-5-6-10-17(16)26-20(25)22-23-21(26)30-14-18(27)24(2)13-15-8-7-12-29-15/h5-10,12H,3-4,11,13-14H2,1-2H3. The maximum atomic E-state index is 13.0. The lowest BCUT2D eigenvalue weighted by atomic mass is 10.2. The molecule has 0 bridgehead atoms. The van der Waals surface area contributed by atoms with Gasteiger partial charge in [0.1, 0.15) is 5.76 Å². The summed E-state index contributed by atoms with van der Waals surface area (Å²) in [6.45, 7) is 3.07. The maximum absolute atomic E-state index is 13.0. The zero-order valence-electron chi connectivity index (χ0n) is 16.9. The van der Waals surface area contributed by atoms with Gasteiger partial charge in [0.25, 0.3) is 5.56 Å². The summed E-state index contributed by atoms with van der Waals surface area (Å²) in [5, 5.41) is 9.77. The summed E-state index contributed by atoms with van der Waals surface area (Å²) in [6.07, 6.45) is 3.44. The molecule has 9 heteroatoms. The molecule has 0 atom stereocenters. The predicted molar refractivity (Wildman–Crippen MR) is 116 cm³/mol. The highest BCUT2D eigenvalue weighted by atomic mass is 32.2. The molecule has 3 aromatic heterocycles. The summed E-state index contributed by atoms with van der Waals surface area (Å²) in [4.78, 5) is 27.2. The number of aromatic nitrogens is 4. The molecule has 4 aromatic rings. The van der Waals surface area contributed by atoms with Crippen molar-refractivity contribution in [3.63, 3.8) is 0 Å². The third kappa shape index (κ3) is 3.85. The number of carbonyl (C=O) groups excluding carboxylic acids is 1. The van der Waals surface area contributed by atoms with Crippen LogP contribution in [-0.2, 0) is 17.9 Å². The molecule has 4 rings (SSSR count). The average molecular weight is 426 g/mol. The third-order valence-electron chi connectivity index (χ3n) is 4.94. The molecule has 1 amide bonds. The van der Waals surface area contributed by atoms with E-state index in [9.17, 15) is 9.59 Å². The number of hydrogen-bond acceptors (Lipinski definition) is 6. The van der Waals surface area contributed by atoms with Crippen molar-refractivity contribution in [2.24, 2.45) is 0 Å². The lowest BCUT2D eigenvalue weighted by Gasteiger charge is -2.15. The van der Waals surface area contributed by atoms with E-state index in [2.05, 4.69) is 17.1 Å². The Morgan fingerprint density at radius 2 is 2.03 bits per heavy atom. The van der Waals surface area contributed by atoms with Gasteiger partial charge in [-0.2, -0.15) is 0 Å². The summed E-state index contributed by atoms with van der Waals surface area (Å²) in [7, 11) is 1.74. The van der Waals surface area contributed by atoms with Crippen LogP contribution in [0.25, 0.3) is 16.7 Å². The van der Waals surface area contributed by atoms with Crippen LogP contribution in [0.3, 0.4) is 0 Å². The van der Waals surface area contributed by atoms with Gasteiger partial charge in [-0.1, -0.05) is 37.2 Å². The normalized spacial score (nSPS) is 11.4. The number of carbonyl (C=O) groups is 1. The largest absolute Gasteiger partial charge is 0.467 e. The van der Waals surface area contributed by atoms with Gasteiger partial charge in [0.05, 0.1) is 29.5 Å². The Morgan fingerprint density at radius 3 is 2.80 bits per heavy atom. The van der Waals surface area contributed by atoms with Crippen LogP contribution in [0.2, 0.25) is 0 Å². The number of hydrogen-bond donors (Lipinski definition) is 0. The molecule has 0 unspecified atom stereocenters. The van der Waals surface area contributed by atoms with E-state index in [0.29, 0.717) is 29.4 Å². The topological polar surface area (TPSA) is 85.6 Å². The molecule has 8 nitrogen and oxygen atoms in total. The summed E-state index contributed by atoms with van der Waals surface area (Å²) in [5.41, 5.74) is 0.680. The highest BCUT2D eigenvalue weighted by molar-refractivity contribution is 7.99. The Morgan fingerprint density at radius 1 is 1.20 bits per heavy atom. The van der Waals surface area contributed by atoms with Crippen LogP contribution < -0.4 is 5.56 Å². The number of furan rings is 1. The number of aryl methyl sites for hydroxylation is 1. The van der Waals surface area contributed by atoms with Gasteiger partial charge in [-0.25, -0.2) is 0 Å². The van der Waals surface area contributed by atoms with Crippen LogP contribution in [0.4, 0.5) is 0 Å². The minimum atomic E-state index is -0.0650. The van der Waals surface area contributed by atoms with Gasteiger partial charge in [-0.3, -0.25) is 18.6 Å². The molecule has 0 N–H and O–H groups in total. The van der Waals surface area contributed by atoms with E-state index < -0.39 is 0 Å². The summed E-state index contributed by atoms with van der Waals surface area (Å²) < 4.78 is 8.85. The van der Waals surface area contributed by atoms with Crippen molar-refractivity contribution in [1.82, 2.24) is 24.1 Å². The van der Waals surface area contributed by atoms with Crippen molar-refractivity contribution in [2.45, 2.75) is 38.0 Å². The Balaban J connectivity index is 1.64. The lowest BCUT2D eigenvalue weighted by Crippen LogP contribution is -2.27. The fourth-order valence-corrected chi connectivity index (χ4v) is 4.19. The highest BCUT2D eigenvalue weighted by Gasteiger charge is 2.18. The van der Waals surface area contributed by atoms with Gasteiger partial charge >= 0.3 is 0 Å². The smallest absolute Gasteiger partial charge is 0.262 e. The number of para-hydroxylation sites is 1. The first kappa shape index (κ1) is 20.2. The van der Waals surface area contributed by atoms with E-state index in [1.165, 1.54) is 11.8 Å². The maximum Gasteiger partial charge on any atom is 0.262 e. The highest BCUT2D eigenvalue weighted by Crippen LogP contribution is 2.22. The molecular weight excluding hydrogens is 402 g/mol. The predicted octanol–water partition coefficient (Wildman–Crippen LogP) is 3.19. The third-order valence-corrected chi connectivity index (χ3v) is 5.85. The molecule has 0 saturated carbocycles. The molecule has 0 spiro atoms. The molecule has 30 heavy (non-hydrogen) atoms. The van der Waals surface area contributed by atoms with Crippen LogP contribution in [-0.4, -0.2) is 42.8 Å². The molecule has 0 aliphatic heterocycles. The van der Waals surface area contributed by atoms with E-state index in [0.717, 1.165) is 24.1 Å². The van der Waals surface area contributed by atoms with E-state index in [-0.39, 0.29) is 17.2 Å². The van der Waals surface area contributed by atoms with E-state index >= 15 is 0 Å². The van der Waals surface area contributed by atoms with Crippen LogP contribution in [0.15, 0.2) is 57.0 Å². The Bertz CT molecular complexity index is 1230. The number of rotatable bonds is 8. The molecule has 0 aliphatic rings. The summed E-state index contributed by atoms with van der Waals surface area (Å²) in [6, 6.07) is 11.1. The van der Waals surface area contributed by atoms with Crippen molar-refractivity contribution in [1.29, 1.82) is 0 Å². The average Bonchev–Trinajstić information content (AvgIpc) is 3.42. The molecule has 0 aliphatic carbocycles. The second-order valence-electron chi connectivity index (χ2n) is 7.06. The Labute approximate surface area is 177 Å². The molecule has 0 fully saturated rings. The molecule has 0 saturated heterocycles. The SMILES string of the molecule is CCCCn1c(=O)c2ccccc2n2c(SCC(=O)N(C)Cc3ccco3)nnc12. The second kappa shape index (κ2) is 8.74. The quantitative estimate of drug-likeness (QED) is 0.403. The van der Waals surface area contributed by atoms with Crippen molar-refractivity contribution in [2.75, 3.05) is 12.8 Å². The van der Waals surface area contributed by atoms with E-state index in [1.54, 1.807) is 28.8 Å². The van der Waals surface area contributed by atoms with E-state index in [1.807, 2.05) is 34.7 Å². The summed E-state index contributed by atoms with van der Waals surface area (Å²) in [5.74, 6) is 1.40. The minimum Gasteiger partial charge on any atom is -0.467 e. The van der Waals surface area contributed by atoms with Gasteiger partial charge in [0.2, 0.25) is 11.7 Å². The zero-order valence-corrected chi connectivity index (χ0v) is 17.8. The number of amides is 1. The second-order valence-corrected chi connectivity index (χ2v) is 8.01. The van der Waals surface area contributed by atoms with Crippen molar-refractivity contribution in [3.8, 4) is 0 Å². The number of fused-ring (bicyclic) bond motifs is 3. The number of unbranched alkanes of at least 4 members (excludes halogenated alkanes) is 1. The number of benzene rings is 1. The monoisotopic (exact) mass is 425 g/mol. The molecule has 156 valence electrons. The Kier molecular flexibility index (Phi) is 5.89. The van der Waals surface area contributed by atoms with Gasteiger partial charge in [-0.05, 0) is 30.7 Å². The number of nitrogens with zero attached hydrogens (tertiary/aromatic N) is 5. The molecule has 1 aromatic carbocycles. The first-order chi connectivity index (χ1) is 14.6. The molecule has 3 heterocycles.